The first-order chi connectivity index (χ1) is 7.05. The monoisotopic (exact) mass is 209 g/mol. The molecule has 3 heteroatoms. The second-order valence-electron chi connectivity index (χ2n) is 3.94. The minimum Gasteiger partial charge on any atom is -0.493 e. The Morgan fingerprint density at radius 2 is 1.67 bits per heavy atom. The molecule has 0 bridgehead atoms. The van der Waals surface area contributed by atoms with Crippen molar-refractivity contribution >= 4 is 0 Å². The van der Waals surface area contributed by atoms with Gasteiger partial charge in [0, 0.05) is 5.54 Å². The Balaban J connectivity index is 3.13. The molecule has 0 radical (unpaired) electrons. The van der Waals surface area contributed by atoms with Gasteiger partial charge in [0.25, 0.3) is 0 Å². The molecule has 1 aromatic rings. The van der Waals surface area contributed by atoms with Gasteiger partial charge in [-0.15, -0.1) is 0 Å². The van der Waals surface area contributed by atoms with Gasteiger partial charge in [-0.2, -0.15) is 0 Å². The Hall–Kier alpha value is -1.22. The van der Waals surface area contributed by atoms with Crippen LogP contribution in [0.4, 0.5) is 0 Å². The van der Waals surface area contributed by atoms with E-state index in [9.17, 15) is 0 Å². The molecule has 0 aliphatic carbocycles. The van der Waals surface area contributed by atoms with E-state index >= 15 is 0 Å². The van der Waals surface area contributed by atoms with Crippen LogP contribution in [0.3, 0.4) is 0 Å². The highest BCUT2D eigenvalue weighted by Gasteiger charge is 2.19. The summed E-state index contributed by atoms with van der Waals surface area (Å²) in [6.07, 6.45) is 0. The van der Waals surface area contributed by atoms with Crippen LogP contribution in [0.2, 0.25) is 0 Å². The molecule has 0 amide bonds. The van der Waals surface area contributed by atoms with E-state index in [0.29, 0.717) is 0 Å². The first-order valence-corrected chi connectivity index (χ1v) is 4.96. The molecule has 1 N–H and O–H groups in total. The molecule has 0 aromatic heterocycles. The third kappa shape index (κ3) is 2.42. The molecular formula is C12H19NO2. The minimum atomic E-state index is -0.0699. The fraction of sp³-hybridized carbons (Fsp3) is 0.500. The first-order valence-electron chi connectivity index (χ1n) is 4.96. The predicted octanol–water partition coefficient (Wildman–Crippen LogP) is 2.16. The van der Waals surface area contributed by atoms with Crippen molar-refractivity contribution < 1.29 is 9.47 Å². The van der Waals surface area contributed by atoms with Crippen LogP contribution in [0.1, 0.15) is 19.4 Å². The molecule has 15 heavy (non-hydrogen) atoms. The highest BCUT2D eigenvalue weighted by atomic mass is 16.5. The van der Waals surface area contributed by atoms with E-state index in [2.05, 4.69) is 19.2 Å². The number of hydrogen-bond donors (Lipinski definition) is 1. The van der Waals surface area contributed by atoms with Crippen LogP contribution >= 0.6 is 0 Å². The van der Waals surface area contributed by atoms with Crippen molar-refractivity contribution in [3.05, 3.63) is 23.8 Å². The Labute approximate surface area is 91.4 Å². The minimum absolute atomic E-state index is 0.0699. The van der Waals surface area contributed by atoms with Crippen molar-refractivity contribution in [2.45, 2.75) is 19.4 Å². The van der Waals surface area contributed by atoms with Gasteiger partial charge in [-0.25, -0.2) is 0 Å². The van der Waals surface area contributed by atoms with Crippen molar-refractivity contribution in [2.75, 3.05) is 21.3 Å². The molecule has 1 aromatic carbocycles. The molecule has 0 heterocycles. The van der Waals surface area contributed by atoms with Crippen LogP contribution in [0.5, 0.6) is 11.5 Å². The molecule has 0 aliphatic heterocycles. The molecule has 1 rings (SSSR count). The summed E-state index contributed by atoms with van der Waals surface area (Å²) in [5.41, 5.74) is 1.10. The zero-order valence-corrected chi connectivity index (χ0v) is 10.0. The molecule has 0 saturated carbocycles. The quantitative estimate of drug-likeness (QED) is 0.824. The lowest BCUT2D eigenvalue weighted by Gasteiger charge is -2.25. The van der Waals surface area contributed by atoms with E-state index in [1.807, 2.05) is 25.2 Å². The Kier molecular flexibility index (Phi) is 3.58. The van der Waals surface area contributed by atoms with Gasteiger partial charge in [-0.3, -0.25) is 0 Å². The molecule has 0 saturated heterocycles. The summed E-state index contributed by atoms with van der Waals surface area (Å²) in [5.74, 6) is 1.52. The summed E-state index contributed by atoms with van der Waals surface area (Å²) >= 11 is 0. The maximum absolute atomic E-state index is 5.26. The van der Waals surface area contributed by atoms with E-state index < -0.39 is 0 Å². The highest BCUT2D eigenvalue weighted by molar-refractivity contribution is 5.44. The van der Waals surface area contributed by atoms with Gasteiger partial charge in [0.2, 0.25) is 0 Å². The van der Waals surface area contributed by atoms with Crippen molar-refractivity contribution in [3.63, 3.8) is 0 Å². The summed E-state index contributed by atoms with van der Waals surface area (Å²) in [7, 11) is 5.23. The zero-order chi connectivity index (χ0) is 11.5. The second kappa shape index (κ2) is 4.53. The molecule has 0 spiro atoms. The summed E-state index contributed by atoms with van der Waals surface area (Å²) in [5, 5.41) is 3.25. The van der Waals surface area contributed by atoms with Gasteiger partial charge in [-0.05, 0) is 38.6 Å². The van der Waals surface area contributed by atoms with E-state index in [4.69, 9.17) is 9.47 Å². The molecule has 0 atom stereocenters. The SMILES string of the molecule is CNC(C)(C)c1ccc(OC)c(OC)c1. The lowest BCUT2D eigenvalue weighted by atomic mass is 9.94. The third-order valence-electron chi connectivity index (χ3n) is 2.73. The normalized spacial score (nSPS) is 11.3. The van der Waals surface area contributed by atoms with Gasteiger partial charge in [0.15, 0.2) is 11.5 Å². The average Bonchev–Trinajstić information content (AvgIpc) is 2.28. The molecular weight excluding hydrogens is 190 g/mol. The fourth-order valence-electron chi connectivity index (χ4n) is 1.37. The van der Waals surface area contributed by atoms with E-state index in [-0.39, 0.29) is 5.54 Å². The summed E-state index contributed by atoms with van der Waals surface area (Å²) in [4.78, 5) is 0. The predicted molar refractivity (Wildman–Crippen MR) is 61.6 cm³/mol. The van der Waals surface area contributed by atoms with Crippen LogP contribution in [-0.2, 0) is 5.54 Å². The number of nitrogens with one attached hydrogen (secondary N) is 1. The molecule has 3 nitrogen and oxygen atoms in total. The number of hydrogen-bond acceptors (Lipinski definition) is 3. The molecule has 84 valence electrons. The van der Waals surface area contributed by atoms with Crippen LogP contribution in [-0.4, -0.2) is 21.3 Å². The van der Waals surface area contributed by atoms with Crippen LogP contribution in [0.15, 0.2) is 18.2 Å². The maximum atomic E-state index is 5.26. The third-order valence-corrected chi connectivity index (χ3v) is 2.73. The lowest BCUT2D eigenvalue weighted by molar-refractivity contribution is 0.352. The van der Waals surface area contributed by atoms with E-state index in [0.717, 1.165) is 11.5 Å². The first kappa shape index (κ1) is 11.9. The topological polar surface area (TPSA) is 30.5 Å². The molecule has 0 fully saturated rings. The van der Waals surface area contributed by atoms with E-state index in [1.165, 1.54) is 5.56 Å². The van der Waals surface area contributed by atoms with Gasteiger partial charge < -0.3 is 14.8 Å². The zero-order valence-electron chi connectivity index (χ0n) is 10.0. The van der Waals surface area contributed by atoms with Crippen LogP contribution < -0.4 is 14.8 Å². The van der Waals surface area contributed by atoms with Gasteiger partial charge in [0.1, 0.15) is 0 Å². The van der Waals surface area contributed by atoms with Crippen molar-refractivity contribution in [2.24, 2.45) is 0 Å². The Morgan fingerprint density at radius 3 is 2.13 bits per heavy atom. The van der Waals surface area contributed by atoms with E-state index in [1.54, 1.807) is 14.2 Å². The number of rotatable bonds is 4. The number of ether oxygens (including phenoxy) is 2. The van der Waals surface area contributed by atoms with Gasteiger partial charge in [0.05, 0.1) is 14.2 Å². The standard InChI is InChI=1S/C12H19NO2/c1-12(2,13-3)9-6-7-10(14-4)11(8-9)15-5/h6-8,13H,1-5H3. The smallest absolute Gasteiger partial charge is 0.161 e. The number of benzene rings is 1. The Bertz CT molecular complexity index is 334. The lowest BCUT2D eigenvalue weighted by Crippen LogP contribution is -2.33. The summed E-state index contributed by atoms with van der Waals surface area (Å²) in [6, 6.07) is 5.96. The average molecular weight is 209 g/mol. The van der Waals surface area contributed by atoms with Crippen molar-refractivity contribution in [1.29, 1.82) is 0 Å². The highest BCUT2D eigenvalue weighted by Crippen LogP contribution is 2.31. The van der Waals surface area contributed by atoms with Gasteiger partial charge >= 0.3 is 0 Å². The van der Waals surface area contributed by atoms with Crippen LogP contribution in [0.25, 0.3) is 0 Å². The second-order valence-corrected chi connectivity index (χ2v) is 3.94. The largest absolute Gasteiger partial charge is 0.493 e. The molecule has 0 aliphatic rings. The molecule has 0 unspecified atom stereocenters. The van der Waals surface area contributed by atoms with Crippen molar-refractivity contribution in [1.82, 2.24) is 5.32 Å². The fourth-order valence-corrected chi connectivity index (χ4v) is 1.37. The van der Waals surface area contributed by atoms with Gasteiger partial charge in [-0.1, -0.05) is 6.07 Å². The summed E-state index contributed by atoms with van der Waals surface area (Å²) in [6.45, 7) is 4.24. The summed E-state index contributed by atoms with van der Waals surface area (Å²) < 4.78 is 10.5. The van der Waals surface area contributed by atoms with Crippen LogP contribution in [0, 0.1) is 0 Å². The Morgan fingerprint density at radius 1 is 1.07 bits per heavy atom. The number of methoxy groups -OCH3 is 2. The maximum Gasteiger partial charge on any atom is 0.161 e. The van der Waals surface area contributed by atoms with Crippen molar-refractivity contribution in [3.8, 4) is 11.5 Å².